The molecule has 0 radical (unpaired) electrons. The number of H-pyrrole nitrogens is 1. The zero-order chi connectivity index (χ0) is 10.2. The van der Waals surface area contributed by atoms with Crippen molar-refractivity contribution >= 4 is 11.6 Å². The third kappa shape index (κ3) is 2.37. The van der Waals surface area contributed by atoms with E-state index >= 15 is 0 Å². The summed E-state index contributed by atoms with van der Waals surface area (Å²) in [4.78, 5) is 11.2. The van der Waals surface area contributed by atoms with Crippen molar-refractivity contribution in [1.82, 2.24) is 9.78 Å². The van der Waals surface area contributed by atoms with E-state index in [4.69, 9.17) is 11.6 Å². The number of aromatic amines is 1. The van der Waals surface area contributed by atoms with Crippen molar-refractivity contribution in [2.24, 2.45) is 5.41 Å². The number of aromatic nitrogens is 2. The third-order valence-corrected chi connectivity index (χ3v) is 2.24. The molecule has 1 aromatic rings. The van der Waals surface area contributed by atoms with Gasteiger partial charge in [-0.1, -0.05) is 32.4 Å². The molecule has 1 aromatic heterocycles. The molecule has 1 heterocycles. The van der Waals surface area contributed by atoms with E-state index in [9.17, 15) is 4.79 Å². The smallest absolute Gasteiger partial charge is 0.268 e. The normalized spacial score (nSPS) is 12.1. The molecule has 3 nitrogen and oxygen atoms in total. The molecule has 0 atom stereocenters. The summed E-state index contributed by atoms with van der Waals surface area (Å²) in [7, 11) is 0. The number of nitrogens with one attached hydrogen (secondary N) is 1. The van der Waals surface area contributed by atoms with Crippen LogP contribution in [0.15, 0.2) is 4.79 Å². The van der Waals surface area contributed by atoms with Gasteiger partial charge in [0.15, 0.2) is 0 Å². The zero-order valence-electron chi connectivity index (χ0n) is 8.44. The zero-order valence-corrected chi connectivity index (χ0v) is 9.20. The van der Waals surface area contributed by atoms with Crippen molar-refractivity contribution < 1.29 is 0 Å². The number of hydrogen-bond acceptors (Lipinski definition) is 1. The summed E-state index contributed by atoms with van der Waals surface area (Å²) in [5, 5.41) is 3.21. The maximum atomic E-state index is 11.2. The van der Waals surface area contributed by atoms with Crippen LogP contribution < -0.4 is 5.56 Å². The molecule has 13 heavy (non-hydrogen) atoms. The fourth-order valence-electron chi connectivity index (χ4n) is 1.13. The van der Waals surface area contributed by atoms with Gasteiger partial charge < -0.3 is 0 Å². The Labute approximate surface area is 82.7 Å². The fraction of sp³-hybridized carbons (Fsp3) is 0.667. The second-order valence-corrected chi connectivity index (χ2v) is 4.86. The van der Waals surface area contributed by atoms with Gasteiger partial charge in [-0.3, -0.25) is 14.6 Å². The molecular formula is C9H15ClN2O. The largest absolute Gasteiger partial charge is 0.273 e. The van der Waals surface area contributed by atoms with Crippen LogP contribution in [-0.2, 0) is 6.54 Å². The van der Waals surface area contributed by atoms with Gasteiger partial charge in [-0.2, -0.15) is 0 Å². The number of halogens is 1. The van der Waals surface area contributed by atoms with Gasteiger partial charge in [0.1, 0.15) is 5.15 Å². The van der Waals surface area contributed by atoms with Crippen LogP contribution in [0.1, 0.15) is 26.3 Å². The molecule has 0 spiro atoms. The van der Waals surface area contributed by atoms with Crippen molar-refractivity contribution in [2.45, 2.75) is 34.2 Å². The Bertz CT molecular complexity index is 357. The van der Waals surface area contributed by atoms with Crippen LogP contribution in [0.2, 0.25) is 5.15 Å². The summed E-state index contributed by atoms with van der Waals surface area (Å²) in [5.74, 6) is 0. The molecule has 0 bridgehead atoms. The maximum absolute atomic E-state index is 11.2. The highest BCUT2D eigenvalue weighted by atomic mass is 35.5. The van der Waals surface area contributed by atoms with Crippen molar-refractivity contribution in [3.63, 3.8) is 0 Å². The lowest BCUT2D eigenvalue weighted by Gasteiger charge is -2.18. The van der Waals surface area contributed by atoms with Crippen molar-refractivity contribution in [1.29, 1.82) is 0 Å². The van der Waals surface area contributed by atoms with Gasteiger partial charge in [-0.05, 0) is 12.3 Å². The molecule has 0 amide bonds. The highest BCUT2D eigenvalue weighted by Gasteiger charge is 2.15. The van der Waals surface area contributed by atoms with E-state index in [2.05, 4.69) is 25.9 Å². The van der Waals surface area contributed by atoms with Gasteiger partial charge in [-0.25, -0.2) is 0 Å². The van der Waals surface area contributed by atoms with Gasteiger partial charge in [0.25, 0.3) is 5.56 Å². The third-order valence-electron chi connectivity index (χ3n) is 1.76. The molecule has 4 heteroatoms. The molecule has 0 aliphatic carbocycles. The molecule has 0 saturated heterocycles. The summed E-state index contributed by atoms with van der Waals surface area (Å²) < 4.78 is 1.69. The lowest BCUT2D eigenvalue weighted by Crippen LogP contribution is -2.18. The average Bonchev–Trinajstić information content (AvgIpc) is 2.15. The van der Waals surface area contributed by atoms with Crippen molar-refractivity contribution in [2.75, 3.05) is 0 Å². The van der Waals surface area contributed by atoms with Crippen LogP contribution in [0.25, 0.3) is 0 Å². The quantitative estimate of drug-likeness (QED) is 0.745. The Morgan fingerprint density at radius 3 is 2.31 bits per heavy atom. The van der Waals surface area contributed by atoms with Crippen LogP contribution in [0, 0.1) is 12.3 Å². The fourth-order valence-corrected chi connectivity index (χ4v) is 1.32. The summed E-state index contributed by atoms with van der Waals surface area (Å²) in [6.07, 6.45) is 0. The number of hydrogen-bond donors (Lipinski definition) is 1. The molecule has 1 N–H and O–H groups in total. The molecule has 1 rings (SSSR count). The van der Waals surface area contributed by atoms with Crippen LogP contribution in [-0.4, -0.2) is 9.78 Å². The monoisotopic (exact) mass is 202 g/mol. The van der Waals surface area contributed by atoms with Crippen molar-refractivity contribution in [3.8, 4) is 0 Å². The SMILES string of the molecule is Cc1c(Cl)n(CC(C)(C)C)[nH]c1=O. The predicted molar refractivity (Wildman–Crippen MR) is 54.3 cm³/mol. The molecule has 0 aliphatic rings. The molecule has 74 valence electrons. The summed E-state index contributed by atoms with van der Waals surface area (Å²) in [6, 6.07) is 0. The molecule has 0 aromatic carbocycles. The predicted octanol–water partition coefficient (Wildman–Crippen LogP) is 2.18. The Morgan fingerprint density at radius 2 is 2.00 bits per heavy atom. The van der Waals surface area contributed by atoms with E-state index in [1.165, 1.54) is 0 Å². The lowest BCUT2D eigenvalue weighted by atomic mass is 9.97. The number of nitrogens with zero attached hydrogens (tertiary/aromatic N) is 1. The highest BCUT2D eigenvalue weighted by molar-refractivity contribution is 6.30. The van der Waals surface area contributed by atoms with Gasteiger partial charge in [0.05, 0.1) is 5.56 Å². The van der Waals surface area contributed by atoms with Crippen molar-refractivity contribution in [3.05, 3.63) is 21.1 Å². The topological polar surface area (TPSA) is 37.8 Å². The van der Waals surface area contributed by atoms with E-state index in [1.807, 2.05) is 0 Å². The first kappa shape index (κ1) is 10.4. The first-order valence-corrected chi connectivity index (χ1v) is 4.64. The summed E-state index contributed by atoms with van der Waals surface area (Å²) >= 11 is 5.95. The van der Waals surface area contributed by atoms with Crippen LogP contribution in [0.5, 0.6) is 0 Å². The van der Waals surface area contributed by atoms with Gasteiger partial charge in [0, 0.05) is 6.54 Å². The van der Waals surface area contributed by atoms with Crippen LogP contribution in [0.3, 0.4) is 0 Å². The molecule has 0 saturated carbocycles. The maximum Gasteiger partial charge on any atom is 0.268 e. The van der Waals surface area contributed by atoms with E-state index in [-0.39, 0.29) is 11.0 Å². The second kappa shape index (κ2) is 3.22. The Hall–Kier alpha value is -0.700. The standard InChI is InChI=1S/C9H15ClN2O/c1-6-7(10)12(11-8(6)13)5-9(2,3)4/h5H2,1-4H3,(H,11,13). The van der Waals surface area contributed by atoms with E-state index < -0.39 is 0 Å². The first-order valence-electron chi connectivity index (χ1n) is 4.26. The van der Waals surface area contributed by atoms with E-state index in [0.29, 0.717) is 10.7 Å². The Morgan fingerprint density at radius 1 is 1.46 bits per heavy atom. The van der Waals surface area contributed by atoms with Crippen LogP contribution in [0.4, 0.5) is 0 Å². The van der Waals surface area contributed by atoms with Crippen LogP contribution >= 0.6 is 11.6 Å². The minimum atomic E-state index is -0.103. The van der Waals surface area contributed by atoms with E-state index in [0.717, 1.165) is 6.54 Å². The minimum absolute atomic E-state index is 0.103. The summed E-state index contributed by atoms with van der Waals surface area (Å²) in [6.45, 7) is 8.72. The highest BCUT2D eigenvalue weighted by Crippen LogP contribution is 2.19. The lowest BCUT2D eigenvalue weighted by molar-refractivity contribution is 0.325. The first-order chi connectivity index (χ1) is 5.81. The molecule has 0 fully saturated rings. The number of rotatable bonds is 1. The molecule has 0 unspecified atom stereocenters. The van der Waals surface area contributed by atoms with Gasteiger partial charge in [0.2, 0.25) is 0 Å². The molecular weight excluding hydrogens is 188 g/mol. The average molecular weight is 203 g/mol. The van der Waals surface area contributed by atoms with E-state index in [1.54, 1.807) is 11.6 Å². The minimum Gasteiger partial charge on any atom is -0.273 e. The second-order valence-electron chi connectivity index (χ2n) is 4.50. The van der Waals surface area contributed by atoms with Gasteiger partial charge in [-0.15, -0.1) is 0 Å². The Balaban J connectivity index is 3.04. The summed E-state index contributed by atoms with van der Waals surface area (Å²) in [5.41, 5.74) is 0.595. The molecule has 0 aliphatic heterocycles. The van der Waals surface area contributed by atoms with Gasteiger partial charge >= 0.3 is 0 Å². The Kier molecular flexibility index (Phi) is 2.57.